The van der Waals surface area contributed by atoms with Crippen LogP contribution in [0.3, 0.4) is 0 Å². The van der Waals surface area contributed by atoms with Gasteiger partial charge >= 0.3 is 0 Å². The van der Waals surface area contributed by atoms with Gasteiger partial charge in [-0.25, -0.2) is 0 Å². The molecular formula is C24H19NO3. The number of fused-ring (bicyclic) bond motifs is 1. The standard InChI is InChI=1S/C24H19NO3/c1-15-8-9-22(26)20(10-15)24(28)18-12-19(21-11-16(2)13-25(21)14-18)23(27)17-6-4-3-5-7-17/h3-14,26H,1-2H3. The molecule has 4 rings (SSSR count). The zero-order valence-corrected chi connectivity index (χ0v) is 15.6. The number of nitrogens with zero attached hydrogens (tertiary/aromatic N) is 1. The Morgan fingerprint density at radius 3 is 2.21 bits per heavy atom. The molecule has 0 aliphatic heterocycles. The highest BCUT2D eigenvalue weighted by Gasteiger charge is 2.20. The summed E-state index contributed by atoms with van der Waals surface area (Å²) in [5.74, 6) is -0.543. The second-order valence-electron chi connectivity index (χ2n) is 7.00. The van der Waals surface area contributed by atoms with Gasteiger partial charge in [-0.2, -0.15) is 0 Å². The van der Waals surface area contributed by atoms with Crippen LogP contribution >= 0.6 is 0 Å². The van der Waals surface area contributed by atoms with Crippen molar-refractivity contribution in [2.45, 2.75) is 13.8 Å². The molecule has 0 amide bonds. The van der Waals surface area contributed by atoms with Crippen LogP contribution in [0.4, 0.5) is 0 Å². The summed E-state index contributed by atoms with van der Waals surface area (Å²) < 4.78 is 1.80. The molecule has 0 spiro atoms. The SMILES string of the molecule is Cc1ccc(O)c(C(=O)c2cc(C(=O)c3ccccc3)c3cc(C)cn3c2)c1. The van der Waals surface area contributed by atoms with Gasteiger partial charge in [0.1, 0.15) is 5.75 Å². The number of phenols is 1. The number of aromatic hydroxyl groups is 1. The molecule has 0 atom stereocenters. The molecule has 4 heteroatoms. The lowest BCUT2D eigenvalue weighted by molar-refractivity contribution is 0.103. The van der Waals surface area contributed by atoms with Gasteiger partial charge in [0.25, 0.3) is 0 Å². The van der Waals surface area contributed by atoms with E-state index in [4.69, 9.17) is 0 Å². The molecule has 0 unspecified atom stereocenters. The third kappa shape index (κ3) is 3.09. The molecule has 1 N–H and O–H groups in total. The number of phenolic OH excluding ortho intramolecular Hbond substituents is 1. The van der Waals surface area contributed by atoms with Crippen LogP contribution in [-0.4, -0.2) is 21.1 Å². The van der Waals surface area contributed by atoms with Gasteiger partial charge in [-0.1, -0.05) is 42.0 Å². The number of carbonyl (C=O) groups excluding carboxylic acids is 2. The van der Waals surface area contributed by atoms with Crippen LogP contribution in [-0.2, 0) is 0 Å². The highest BCUT2D eigenvalue weighted by molar-refractivity contribution is 6.16. The maximum Gasteiger partial charge on any atom is 0.198 e. The van der Waals surface area contributed by atoms with E-state index in [0.717, 1.165) is 16.6 Å². The van der Waals surface area contributed by atoms with Gasteiger partial charge in [-0.15, -0.1) is 0 Å². The molecule has 0 bridgehead atoms. The van der Waals surface area contributed by atoms with Crippen molar-refractivity contribution in [1.82, 2.24) is 4.40 Å². The molecule has 28 heavy (non-hydrogen) atoms. The van der Waals surface area contributed by atoms with Gasteiger partial charge < -0.3 is 9.51 Å². The molecule has 0 fully saturated rings. The average Bonchev–Trinajstić information content (AvgIpc) is 3.08. The minimum atomic E-state index is -0.323. The molecular weight excluding hydrogens is 350 g/mol. The lowest BCUT2D eigenvalue weighted by Crippen LogP contribution is -2.09. The van der Waals surface area contributed by atoms with E-state index in [2.05, 4.69) is 0 Å². The number of hydrogen-bond donors (Lipinski definition) is 1. The van der Waals surface area contributed by atoms with Crippen molar-refractivity contribution in [3.8, 4) is 5.75 Å². The summed E-state index contributed by atoms with van der Waals surface area (Å²) in [5, 5.41) is 10.1. The van der Waals surface area contributed by atoms with Gasteiger partial charge in [0.15, 0.2) is 11.6 Å². The van der Waals surface area contributed by atoms with E-state index >= 15 is 0 Å². The lowest BCUT2D eigenvalue weighted by atomic mass is 9.97. The van der Waals surface area contributed by atoms with E-state index in [9.17, 15) is 14.7 Å². The Hall–Kier alpha value is -3.66. The Balaban J connectivity index is 1.90. The molecule has 0 aliphatic rings. The second kappa shape index (κ2) is 6.82. The number of pyridine rings is 1. The van der Waals surface area contributed by atoms with E-state index in [1.54, 1.807) is 40.9 Å². The lowest BCUT2D eigenvalue weighted by Gasteiger charge is -2.10. The van der Waals surface area contributed by atoms with E-state index in [0.29, 0.717) is 16.7 Å². The molecule has 0 aliphatic carbocycles. The first-order chi connectivity index (χ1) is 13.4. The highest BCUT2D eigenvalue weighted by atomic mass is 16.3. The normalized spacial score (nSPS) is 10.9. The predicted octanol–water partition coefficient (Wildman–Crippen LogP) is 4.72. The summed E-state index contributed by atoms with van der Waals surface area (Å²) >= 11 is 0. The Morgan fingerprint density at radius 1 is 0.750 bits per heavy atom. The van der Waals surface area contributed by atoms with Gasteiger partial charge in [-0.3, -0.25) is 9.59 Å². The average molecular weight is 369 g/mol. The highest BCUT2D eigenvalue weighted by Crippen LogP contribution is 2.25. The minimum absolute atomic E-state index is 0.0738. The second-order valence-corrected chi connectivity index (χ2v) is 7.00. The molecule has 0 saturated carbocycles. The molecule has 4 aromatic rings. The van der Waals surface area contributed by atoms with Gasteiger partial charge in [0.2, 0.25) is 0 Å². The number of carbonyl (C=O) groups is 2. The number of aromatic nitrogens is 1. The summed E-state index contributed by atoms with van der Waals surface area (Å²) in [7, 11) is 0. The first-order valence-electron chi connectivity index (χ1n) is 9.00. The van der Waals surface area contributed by atoms with Crippen molar-refractivity contribution >= 4 is 17.1 Å². The molecule has 2 aromatic heterocycles. The fraction of sp³-hybridized carbons (Fsp3) is 0.0833. The Kier molecular flexibility index (Phi) is 4.32. The number of benzene rings is 2. The smallest absolute Gasteiger partial charge is 0.198 e. The molecule has 2 heterocycles. The fourth-order valence-corrected chi connectivity index (χ4v) is 3.39. The minimum Gasteiger partial charge on any atom is -0.507 e. The number of rotatable bonds is 4. The van der Waals surface area contributed by atoms with E-state index < -0.39 is 0 Å². The maximum absolute atomic E-state index is 13.1. The van der Waals surface area contributed by atoms with Crippen LogP contribution in [0.5, 0.6) is 5.75 Å². The van der Waals surface area contributed by atoms with Crippen LogP contribution in [0.1, 0.15) is 43.0 Å². The predicted molar refractivity (Wildman–Crippen MR) is 108 cm³/mol. The zero-order valence-electron chi connectivity index (χ0n) is 15.6. The molecule has 2 aromatic carbocycles. The van der Waals surface area contributed by atoms with Gasteiger partial charge in [-0.05, 0) is 43.7 Å². The van der Waals surface area contributed by atoms with Crippen LogP contribution in [0.2, 0.25) is 0 Å². The quantitative estimate of drug-likeness (QED) is 0.529. The number of ketones is 2. The van der Waals surface area contributed by atoms with Crippen LogP contribution in [0, 0.1) is 13.8 Å². The van der Waals surface area contributed by atoms with Crippen molar-refractivity contribution in [2.75, 3.05) is 0 Å². The molecule has 0 radical (unpaired) electrons. The molecule has 4 nitrogen and oxygen atoms in total. The summed E-state index contributed by atoms with van der Waals surface area (Å²) in [5.41, 5.74) is 4.20. The van der Waals surface area contributed by atoms with Crippen molar-refractivity contribution in [3.63, 3.8) is 0 Å². The number of aryl methyl sites for hydroxylation is 2. The van der Waals surface area contributed by atoms with Crippen LogP contribution < -0.4 is 0 Å². The first-order valence-corrected chi connectivity index (χ1v) is 9.00. The summed E-state index contributed by atoms with van der Waals surface area (Å²) in [6, 6.07) is 17.5. The van der Waals surface area contributed by atoms with E-state index in [1.165, 1.54) is 6.07 Å². The van der Waals surface area contributed by atoms with Crippen LogP contribution in [0.25, 0.3) is 5.52 Å². The van der Waals surface area contributed by atoms with Crippen LogP contribution in [0.15, 0.2) is 73.1 Å². The topological polar surface area (TPSA) is 58.8 Å². The third-order valence-electron chi connectivity index (χ3n) is 4.78. The Labute approximate surface area is 162 Å². The van der Waals surface area contributed by atoms with E-state index in [-0.39, 0.29) is 22.9 Å². The monoisotopic (exact) mass is 369 g/mol. The summed E-state index contributed by atoms with van der Waals surface area (Å²) in [6.45, 7) is 3.80. The first kappa shape index (κ1) is 17.7. The maximum atomic E-state index is 13.1. The summed E-state index contributed by atoms with van der Waals surface area (Å²) in [6.07, 6.45) is 3.58. The summed E-state index contributed by atoms with van der Waals surface area (Å²) in [4.78, 5) is 26.2. The Bertz CT molecular complexity index is 1220. The largest absolute Gasteiger partial charge is 0.507 e. The Morgan fingerprint density at radius 2 is 1.46 bits per heavy atom. The molecule has 138 valence electrons. The molecule has 0 saturated heterocycles. The van der Waals surface area contributed by atoms with Crippen molar-refractivity contribution in [2.24, 2.45) is 0 Å². The fourth-order valence-electron chi connectivity index (χ4n) is 3.39. The van der Waals surface area contributed by atoms with Crippen molar-refractivity contribution < 1.29 is 14.7 Å². The van der Waals surface area contributed by atoms with Gasteiger partial charge in [0, 0.05) is 29.1 Å². The van der Waals surface area contributed by atoms with E-state index in [1.807, 2.05) is 44.3 Å². The van der Waals surface area contributed by atoms with Gasteiger partial charge in [0.05, 0.1) is 11.1 Å². The number of hydrogen-bond acceptors (Lipinski definition) is 3. The van der Waals surface area contributed by atoms with Crippen molar-refractivity contribution in [3.05, 3.63) is 106 Å². The third-order valence-corrected chi connectivity index (χ3v) is 4.78. The van der Waals surface area contributed by atoms with Crippen molar-refractivity contribution in [1.29, 1.82) is 0 Å². The zero-order chi connectivity index (χ0) is 19.8.